The normalized spacial score (nSPS) is 27.6. The van der Waals surface area contributed by atoms with Gasteiger partial charge < -0.3 is 19.0 Å². The molecule has 4 aliphatic rings. The van der Waals surface area contributed by atoms with E-state index in [2.05, 4.69) is 20.5 Å². The second-order valence-electron chi connectivity index (χ2n) is 10.3. The fourth-order valence-corrected chi connectivity index (χ4v) is 6.86. The Morgan fingerprint density at radius 3 is 2.55 bits per heavy atom. The Morgan fingerprint density at radius 1 is 1.18 bits per heavy atom. The van der Waals surface area contributed by atoms with Crippen molar-refractivity contribution in [2.24, 2.45) is 23.2 Å². The Morgan fingerprint density at radius 2 is 1.91 bits per heavy atom. The lowest BCUT2D eigenvalue weighted by molar-refractivity contribution is -0.0504. The van der Waals surface area contributed by atoms with Gasteiger partial charge in [0.2, 0.25) is 5.89 Å². The average Bonchev–Trinajstić information content (AvgIpc) is 3.46. The highest BCUT2D eigenvalue weighted by atomic mass is 16.5. The van der Waals surface area contributed by atoms with Gasteiger partial charge in [-0.1, -0.05) is 0 Å². The van der Waals surface area contributed by atoms with Crippen LogP contribution in [0.3, 0.4) is 0 Å². The van der Waals surface area contributed by atoms with E-state index in [0.29, 0.717) is 23.7 Å². The Balaban J connectivity index is 1.16. The zero-order valence-electron chi connectivity index (χ0n) is 19.1. The molecule has 3 aromatic rings. The molecule has 8 heteroatoms. The number of hydrogen-bond acceptors (Lipinski definition) is 6. The topological polar surface area (TPSA) is 95.1 Å². The second-order valence-corrected chi connectivity index (χ2v) is 10.3. The van der Waals surface area contributed by atoms with Crippen molar-refractivity contribution < 1.29 is 13.9 Å². The predicted molar refractivity (Wildman–Crippen MR) is 121 cm³/mol. The van der Waals surface area contributed by atoms with Gasteiger partial charge in [0.15, 0.2) is 0 Å². The third-order valence-electron chi connectivity index (χ3n) is 7.82. The summed E-state index contributed by atoms with van der Waals surface area (Å²) >= 11 is 0. The van der Waals surface area contributed by atoms with E-state index in [1.165, 1.54) is 38.5 Å². The van der Waals surface area contributed by atoms with Crippen LogP contribution in [0.15, 0.2) is 35.1 Å². The van der Waals surface area contributed by atoms with E-state index in [9.17, 15) is 4.79 Å². The molecule has 7 rings (SSSR count). The van der Waals surface area contributed by atoms with Gasteiger partial charge in [0.25, 0.3) is 0 Å². The molecule has 4 aliphatic carbocycles. The van der Waals surface area contributed by atoms with Crippen LogP contribution in [0.2, 0.25) is 0 Å². The fourth-order valence-electron chi connectivity index (χ4n) is 6.86. The number of carbonyl (C=O) groups is 1. The summed E-state index contributed by atoms with van der Waals surface area (Å²) in [6.07, 6.45) is 11.6. The molecule has 1 aromatic carbocycles. The Kier molecular flexibility index (Phi) is 4.78. The minimum absolute atomic E-state index is 0.00278. The van der Waals surface area contributed by atoms with Gasteiger partial charge in [-0.05, 0) is 86.8 Å². The summed E-state index contributed by atoms with van der Waals surface area (Å²) < 4.78 is 13.2. The summed E-state index contributed by atoms with van der Waals surface area (Å²) in [7, 11) is 1.61. The summed E-state index contributed by atoms with van der Waals surface area (Å²) in [6, 6.07) is 5.61. The van der Waals surface area contributed by atoms with Crippen LogP contribution in [0.5, 0.6) is 5.75 Å². The lowest BCUT2D eigenvalue weighted by Crippen LogP contribution is -2.51. The Hall–Kier alpha value is -3.16. The van der Waals surface area contributed by atoms with Crippen LogP contribution in [-0.4, -0.2) is 39.3 Å². The zero-order valence-corrected chi connectivity index (χ0v) is 19.1. The highest BCUT2D eigenvalue weighted by Crippen LogP contribution is 2.59. The van der Waals surface area contributed by atoms with Crippen LogP contribution in [0.4, 0.5) is 0 Å². The number of amides is 1. The summed E-state index contributed by atoms with van der Waals surface area (Å²) in [6.45, 7) is 2.64. The number of nitrogens with zero attached hydrogens (tertiary/aromatic N) is 4. The summed E-state index contributed by atoms with van der Waals surface area (Å²) in [4.78, 5) is 17.1. The highest BCUT2D eigenvalue weighted by Gasteiger charge is 2.50. The van der Waals surface area contributed by atoms with Crippen LogP contribution in [0.25, 0.3) is 17.1 Å². The largest absolute Gasteiger partial charge is 0.495 e. The van der Waals surface area contributed by atoms with E-state index in [0.717, 1.165) is 29.1 Å². The molecule has 4 saturated carbocycles. The molecule has 0 unspecified atom stereocenters. The SMILES string of the molecule is COc1cc(-c2nnc(C(=O)NCC34CC5CC(CC(C5)C3)C4)o2)ccc1-n1cnc(C)c1. The van der Waals surface area contributed by atoms with Crippen molar-refractivity contribution in [2.75, 3.05) is 13.7 Å². The first-order valence-electron chi connectivity index (χ1n) is 11.8. The van der Waals surface area contributed by atoms with Gasteiger partial charge in [-0.25, -0.2) is 4.98 Å². The van der Waals surface area contributed by atoms with Crippen LogP contribution in [-0.2, 0) is 0 Å². The molecule has 2 heterocycles. The van der Waals surface area contributed by atoms with E-state index >= 15 is 0 Å². The van der Waals surface area contributed by atoms with Crippen molar-refractivity contribution in [3.05, 3.63) is 42.3 Å². The molecule has 172 valence electrons. The summed E-state index contributed by atoms with van der Waals surface area (Å²) in [5, 5.41) is 11.2. The van der Waals surface area contributed by atoms with E-state index < -0.39 is 0 Å². The van der Waals surface area contributed by atoms with E-state index in [1.54, 1.807) is 13.4 Å². The lowest BCUT2D eigenvalue weighted by atomic mass is 9.49. The van der Waals surface area contributed by atoms with Crippen molar-refractivity contribution in [3.8, 4) is 22.9 Å². The average molecular weight is 448 g/mol. The second kappa shape index (κ2) is 7.71. The number of ether oxygens (including phenoxy) is 1. The molecule has 4 fully saturated rings. The molecule has 0 aliphatic heterocycles. The Labute approximate surface area is 192 Å². The number of aromatic nitrogens is 4. The van der Waals surface area contributed by atoms with Crippen molar-refractivity contribution in [1.29, 1.82) is 0 Å². The smallest absolute Gasteiger partial charge is 0.308 e. The van der Waals surface area contributed by atoms with Gasteiger partial charge >= 0.3 is 11.8 Å². The van der Waals surface area contributed by atoms with Gasteiger partial charge in [0.1, 0.15) is 5.75 Å². The van der Waals surface area contributed by atoms with Gasteiger partial charge in [0, 0.05) is 18.3 Å². The number of rotatable bonds is 6. The summed E-state index contributed by atoms with van der Waals surface area (Å²) in [5.74, 6) is 3.22. The number of aryl methyl sites for hydroxylation is 1. The molecule has 0 atom stereocenters. The molecule has 0 saturated heterocycles. The molecular formula is C25H29N5O3. The quantitative estimate of drug-likeness (QED) is 0.609. The van der Waals surface area contributed by atoms with Crippen molar-refractivity contribution in [1.82, 2.24) is 25.1 Å². The van der Waals surface area contributed by atoms with Gasteiger partial charge in [-0.2, -0.15) is 0 Å². The molecule has 0 spiro atoms. The van der Waals surface area contributed by atoms with Gasteiger partial charge in [-0.3, -0.25) is 4.79 Å². The first-order valence-corrected chi connectivity index (χ1v) is 11.8. The van der Waals surface area contributed by atoms with E-state index in [1.807, 2.05) is 35.9 Å². The third kappa shape index (κ3) is 3.71. The van der Waals surface area contributed by atoms with Crippen molar-refractivity contribution in [2.45, 2.75) is 45.4 Å². The summed E-state index contributed by atoms with van der Waals surface area (Å²) in [5.41, 5.74) is 2.74. The molecule has 33 heavy (non-hydrogen) atoms. The van der Waals surface area contributed by atoms with Crippen LogP contribution in [0.1, 0.15) is 54.9 Å². The zero-order chi connectivity index (χ0) is 22.6. The maximum atomic E-state index is 12.8. The number of carbonyl (C=O) groups excluding carboxylic acids is 1. The molecule has 1 N–H and O–H groups in total. The number of imidazole rings is 1. The van der Waals surface area contributed by atoms with E-state index in [4.69, 9.17) is 9.15 Å². The molecule has 8 nitrogen and oxygen atoms in total. The molecule has 1 amide bonds. The lowest BCUT2D eigenvalue weighted by Gasteiger charge is -2.56. The fraction of sp³-hybridized carbons (Fsp3) is 0.520. The standard InChI is InChI=1S/C25H29N5O3/c1-15-12-30(14-27-15)20-4-3-19(8-21(20)32-2)23-28-29-24(33-23)22(31)26-13-25-9-16-5-17(10-25)7-18(6-16)11-25/h3-4,8,12,14,16-18H,5-7,9-11,13H2,1-2H3,(H,26,31). The van der Waals surface area contributed by atoms with Crippen LogP contribution < -0.4 is 10.1 Å². The van der Waals surface area contributed by atoms with Gasteiger partial charge in [0.05, 0.1) is 24.8 Å². The number of hydrogen-bond donors (Lipinski definition) is 1. The molecule has 2 aromatic heterocycles. The highest BCUT2D eigenvalue weighted by molar-refractivity contribution is 5.89. The number of benzene rings is 1. The van der Waals surface area contributed by atoms with Crippen molar-refractivity contribution in [3.63, 3.8) is 0 Å². The molecular weight excluding hydrogens is 418 g/mol. The first kappa shape index (κ1) is 20.4. The molecule has 0 radical (unpaired) electrons. The van der Waals surface area contributed by atoms with Gasteiger partial charge in [-0.15, -0.1) is 10.2 Å². The van der Waals surface area contributed by atoms with E-state index in [-0.39, 0.29) is 17.2 Å². The van der Waals surface area contributed by atoms with Crippen LogP contribution >= 0.6 is 0 Å². The van der Waals surface area contributed by atoms with Crippen molar-refractivity contribution >= 4 is 5.91 Å². The van der Waals surface area contributed by atoms with Crippen LogP contribution in [0, 0.1) is 30.1 Å². The number of methoxy groups -OCH3 is 1. The first-order chi connectivity index (χ1) is 16.0. The minimum Gasteiger partial charge on any atom is -0.495 e. The molecule has 4 bridgehead atoms. The maximum Gasteiger partial charge on any atom is 0.308 e. The monoisotopic (exact) mass is 447 g/mol. The minimum atomic E-state index is -0.290. The predicted octanol–water partition coefficient (Wildman–Crippen LogP) is 4.19. The number of nitrogens with one attached hydrogen (secondary N) is 1. The third-order valence-corrected chi connectivity index (χ3v) is 7.82. The Bertz CT molecular complexity index is 1160. The maximum absolute atomic E-state index is 12.8.